The van der Waals surface area contributed by atoms with E-state index in [9.17, 15) is 0 Å². The van der Waals surface area contributed by atoms with Gasteiger partial charge in [0.2, 0.25) is 0 Å². The van der Waals surface area contributed by atoms with E-state index in [1.807, 2.05) is 0 Å². The second kappa shape index (κ2) is 6.26. The van der Waals surface area contributed by atoms with E-state index in [1.165, 1.54) is 15.6 Å². The van der Waals surface area contributed by atoms with Crippen LogP contribution in [-0.2, 0) is 4.74 Å². The van der Waals surface area contributed by atoms with Crippen LogP contribution in [0.15, 0.2) is 22.7 Å². The minimum absolute atomic E-state index is 0.259. The first-order valence-corrected chi connectivity index (χ1v) is 5.97. The summed E-state index contributed by atoms with van der Waals surface area (Å²) >= 11 is 3.63. The molecule has 0 aromatic heterocycles. The van der Waals surface area contributed by atoms with Crippen LogP contribution >= 0.6 is 15.9 Å². The second-order valence-electron chi connectivity index (χ2n) is 3.54. The van der Waals surface area contributed by atoms with Gasteiger partial charge in [-0.3, -0.25) is 0 Å². The molecule has 0 aliphatic heterocycles. The molecule has 1 rings (SSSR count). The fraction of sp³-hybridized carbons (Fsp3) is 0.500. The average Bonchev–Trinajstić information content (AvgIpc) is 2.22. The van der Waals surface area contributed by atoms with Crippen molar-refractivity contribution in [1.82, 2.24) is 5.32 Å². The number of halogens is 1. The zero-order valence-corrected chi connectivity index (χ0v) is 11.1. The molecule has 1 N–H and O–H groups in total. The van der Waals surface area contributed by atoms with Gasteiger partial charge in [0, 0.05) is 11.6 Å². The van der Waals surface area contributed by atoms with Gasteiger partial charge in [0.1, 0.15) is 0 Å². The molecule has 0 bridgehead atoms. The molecule has 1 unspecified atom stereocenters. The highest BCUT2D eigenvalue weighted by Crippen LogP contribution is 2.26. The Balaban J connectivity index is 2.94. The van der Waals surface area contributed by atoms with E-state index in [4.69, 9.17) is 4.74 Å². The van der Waals surface area contributed by atoms with E-state index in [0.29, 0.717) is 6.61 Å². The Morgan fingerprint density at radius 1 is 1.47 bits per heavy atom. The lowest BCUT2D eigenvalue weighted by Gasteiger charge is -2.19. The van der Waals surface area contributed by atoms with Gasteiger partial charge in [0.15, 0.2) is 0 Å². The van der Waals surface area contributed by atoms with Crippen LogP contribution in [-0.4, -0.2) is 20.3 Å². The fourth-order valence-corrected chi connectivity index (χ4v) is 2.15. The van der Waals surface area contributed by atoms with Crippen LogP contribution in [0.5, 0.6) is 0 Å². The minimum Gasteiger partial charge on any atom is -0.383 e. The number of hydrogen-bond acceptors (Lipinski definition) is 2. The van der Waals surface area contributed by atoms with Crippen molar-refractivity contribution in [2.45, 2.75) is 19.9 Å². The third-order valence-electron chi connectivity index (χ3n) is 2.38. The van der Waals surface area contributed by atoms with E-state index >= 15 is 0 Å². The van der Waals surface area contributed by atoms with Crippen LogP contribution in [0, 0.1) is 6.92 Å². The Hall–Kier alpha value is -0.380. The molecular weight excluding hydrogens is 254 g/mol. The summed E-state index contributed by atoms with van der Waals surface area (Å²) in [5.41, 5.74) is 2.52. The first-order valence-electron chi connectivity index (χ1n) is 5.18. The molecule has 0 spiro atoms. The third-order valence-corrected chi connectivity index (χ3v) is 3.46. The van der Waals surface area contributed by atoms with Gasteiger partial charge in [-0.15, -0.1) is 0 Å². The summed E-state index contributed by atoms with van der Waals surface area (Å²) in [4.78, 5) is 0. The molecular formula is C12H18BrNO. The normalized spacial score (nSPS) is 12.8. The lowest BCUT2D eigenvalue weighted by molar-refractivity contribution is 0.167. The molecule has 0 heterocycles. The largest absolute Gasteiger partial charge is 0.383 e. The van der Waals surface area contributed by atoms with Gasteiger partial charge in [-0.05, 0) is 24.6 Å². The van der Waals surface area contributed by atoms with Crippen molar-refractivity contribution < 1.29 is 4.74 Å². The van der Waals surface area contributed by atoms with Gasteiger partial charge in [-0.1, -0.05) is 41.1 Å². The Kier molecular flexibility index (Phi) is 5.29. The first-order chi connectivity index (χ1) is 7.20. The summed E-state index contributed by atoms with van der Waals surface area (Å²) in [5, 5.41) is 3.41. The Labute approximate surface area is 100 Å². The van der Waals surface area contributed by atoms with Crippen molar-refractivity contribution in [2.24, 2.45) is 0 Å². The summed E-state index contributed by atoms with van der Waals surface area (Å²) in [6, 6.07) is 6.57. The van der Waals surface area contributed by atoms with Crippen molar-refractivity contribution in [3.8, 4) is 0 Å². The zero-order valence-electron chi connectivity index (χ0n) is 9.51. The monoisotopic (exact) mass is 271 g/mol. The molecule has 0 fully saturated rings. The highest BCUT2D eigenvalue weighted by Gasteiger charge is 2.13. The second-order valence-corrected chi connectivity index (χ2v) is 4.34. The number of rotatable bonds is 5. The summed E-state index contributed by atoms with van der Waals surface area (Å²) in [6.07, 6.45) is 0. The Morgan fingerprint density at radius 3 is 2.80 bits per heavy atom. The fourth-order valence-electron chi connectivity index (χ4n) is 1.61. The maximum Gasteiger partial charge on any atom is 0.0658 e. The summed E-state index contributed by atoms with van der Waals surface area (Å²) < 4.78 is 6.40. The zero-order chi connectivity index (χ0) is 11.3. The van der Waals surface area contributed by atoms with Gasteiger partial charge in [0.25, 0.3) is 0 Å². The maximum absolute atomic E-state index is 5.22. The van der Waals surface area contributed by atoms with Gasteiger partial charge in [-0.25, -0.2) is 0 Å². The smallest absolute Gasteiger partial charge is 0.0658 e. The molecule has 0 radical (unpaired) electrons. The molecule has 1 aromatic rings. The number of aryl methyl sites for hydroxylation is 1. The van der Waals surface area contributed by atoms with Crippen LogP contribution in [0.2, 0.25) is 0 Å². The topological polar surface area (TPSA) is 21.3 Å². The van der Waals surface area contributed by atoms with E-state index in [-0.39, 0.29) is 6.04 Å². The SMILES string of the molecule is CCNC(COC)c1cccc(C)c1Br. The Morgan fingerprint density at radius 2 is 2.20 bits per heavy atom. The van der Waals surface area contributed by atoms with Crippen molar-refractivity contribution in [3.05, 3.63) is 33.8 Å². The van der Waals surface area contributed by atoms with Gasteiger partial charge >= 0.3 is 0 Å². The number of nitrogens with one attached hydrogen (secondary N) is 1. The van der Waals surface area contributed by atoms with Crippen LogP contribution in [0.1, 0.15) is 24.1 Å². The lowest BCUT2D eigenvalue weighted by Crippen LogP contribution is -2.25. The molecule has 0 saturated heterocycles. The number of likely N-dealkylation sites (N-methyl/N-ethyl adjacent to an activating group) is 1. The summed E-state index contributed by atoms with van der Waals surface area (Å²) in [7, 11) is 1.73. The van der Waals surface area contributed by atoms with Gasteiger partial charge in [0.05, 0.1) is 12.6 Å². The van der Waals surface area contributed by atoms with E-state index in [2.05, 4.69) is 53.3 Å². The average molecular weight is 272 g/mol. The first kappa shape index (κ1) is 12.7. The number of benzene rings is 1. The highest BCUT2D eigenvalue weighted by molar-refractivity contribution is 9.10. The lowest BCUT2D eigenvalue weighted by atomic mass is 10.1. The van der Waals surface area contributed by atoms with Gasteiger partial charge in [-0.2, -0.15) is 0 Å². The molecule has 0 amide bonds. The predicted octanol–water partition coefficient (Wildman–Crippen LogP) is 3.05. The van der Waals surface area contributed by atoms with E-state index in [1.54, 1.807) is 7.11 Å². The molecule has 0 aliphatic rings. The van der Waals surface area contributed by atoms with Crippen LogP contribution in [0.3, 0.4) is 0 Å². The molecule has 84 valence electrons. The number of ether oxygens (including phenoxy) is 1. The Bertz CT molecular complexity index is 308. The maximum atomic E-state index is 5.22. The van der Waals surface area contributed by atoms with E-state index in [0.717, 1.165) is 6.54 Å². The number of hydrogen-bond donors (Lipinski definition) is 1. The molecule has 0 saturated carbocycles. The van der Waals surface area contributed by atoms with Crippen LogP contribution in [0.4, 0.5) is 0 Å². The molecule has 1 aromatic carbocycles. The van der Waals surface area contributed by atoms with E-state index < -0.39 is 0 Å². The van der Waals surface area contributed by atoms with Crippen molar-refractivity contribution >= 4 is 15.9 Å². The van der Waals surface area contributed by atoms with Crippen molar-refractivity contribution in [3.63, 3.8) is 0 Å². The van der Waals surface area contributed by atoms with Gasteiger partial charge < -0.3 is 10.1 Å². The molecule has 2 nitrogen and oxygen atoms in total. The van der Waals surface area contributed by atoms with Crippen molar-refractivity contribution in [2.75, 3.05) is 20.3 Å². The summed E-state index contributed by atoms with van der Waals surface area (Å²) in [5.74, 6) is 0. The molecule has 1 atom stereocenters. The van der Waals surface area contributed by atoms with Crippen LogP contribution in [0.25, 0.3) is 0 Å². The van der Waals surface area contributed by atoms with Crippen molar-refractivity contribution in [1.29, 1.82) is 0 Å². The number of methoxy groups -OCH3 is 1. The standard InChI is InChI=1S/C12H18BrNO/c1-4-14-11(8-15-3)10-7-5-6-9(2)12(10)13/h5-7,11,14H,4,8H2,1-3H3. The summed E-state index contributed by atoms with van der Waals surface area (Å²) in [6.45, 7) is 5.83. The van der Waals surface area contributed by atoms with Crippen LogP contribution < -0.4 is 5.32 Å². The molecule has 3 heteroatoms. The quantitative estimate of drug-likeness (QED) is 0.889. The third kappa shape index (κ3) is 3.30. The molecule has 15 heavy (non-hydrogen) atoms. The highest BCUT2D eigenvalue weighted by atomic mass is 79.9. The molecule has 0 aliphatic carbocycles. The predicted molar refractivity (Wildman–Crippen MR) is 67.2 cm³/mol. The minimum atomic E-state index is 0.259.